The molecule has 4 aromatic carbocycles. The molecule has 10 heteroatoms. The van der Waals surface area contributed by atoms with Gasteiger partial charge in [0.05, 0.1) is 23.8 Å². The molecule has 0 heterocycles. The maximum atomic E-state index is 14.9. The topological polar surface area (TPSA) is 32.7 Å². The Morgan fingerprint density at radius 3 is 2.10 bits per heavy atom. The van der Waals surface area contributed by atoms with E-state index in [9.17, 15) is 35.8 Å². The number of aliphatic hydroxyl groups excluding tert-OH is 1. The van der Waals surface area contributed by atoms with Crippen LogP contribution in [-0.2, 0) is 25.3 Å². The number of nitrogens with zero attached hydrogens (tertiary/aromatic N) is 1. The van der Waals surface area contributed by atoms with Gasteiger partial charge in [0, 0.05) is 23.9 Å². The van der Waals surface area contributed by atoms with Crippen molar-refractivity contribution in [1.29, 1.82) is 0 Å². The molecule has 0 aliphatic heterocycles. The van der Waals surface area contributed by atoms with Crippen molar-refractivity contribution in [3.05, 3.63) is 125 Å². The number of benzene rings is 4. The Kier molecular flexibility index (Phi) is 8.92. The Balaban J connectivity index is 1.80. The number of rotatable bonds is 9. The molecule has 0 aliphatic rings. The maximum absolute atomic E-state index is 14.9. The summed E-state index contributed by atoms with van der Waals surface area (Å²) in [6, 6.07) is 18.9. The van der Waals surface area contributed by atoms with Gasteiger partial charge in [-0.05, 0) is 60.0 Å². The smallest absolute Gasteiger partial charge is 0.416 e. The van der Waals surface area contributed by atoms with E-state index in [1.165, 1.54) is 35.2 Å². The van der Waals surface area contributed by atoms with Gasteiger partial charge in [0.2, 0.25) is 0 Å². The maximum Gasteiger partial charge on any atom is 0.416 e. The van der Waals surface area contributed by atoms with Gasteiger partial charge < -0.3 is 14.7 Å². The second-order valence-electron chi connectivity index (χ2n) is 9.32. The van der Waals surface area contributed by atoms with Crippen LogP contribution in [0.5, 0.6) is 11.5 Å². The monoisotopic (exact) mass is 577 g/mol. The molecule has 0 aromatic heterocycles. The van der Waals surface area contributed by atoms with Crippen molar-refractivity contribution in [2.75, 3.05) is 11.5 Å². The summed E-state index contributed by atoms with van der Waals surface area (Å²) >= 11 is 0. The third-order valence-electron chi connectivity index (χ3n) is 6.59. The van der Waals surface area contributed by atoms with Gasteiger partial charge in [0.1, 0.15) is 17.3 Å². The minimum atomic E-state index is -4.78. The molecule has 0 radical (unpaired) electrons. The van der Waals surface area contributed by atoms with E-state index >= 15 is 0 Å². The average molecular weight is 578 g/mol. The number of hydrogen-bond donors (Lipinski definition) is 1. The third kappa shape index (κ3) is 7.18. The van der Waals surface area contributed by atoms with E-state index in [2.05, 4.69) is 0 Å². The van der Waals surface area contributed by atoms with Crippen molar-refractivity contribution in [2.45, 2.75) is 38.3 Å². The fourth-order valence-electron chi connectivity index (χ4n) is 4.52. The summed E-state index contributed by atoms with van der Waals surface area (Å²) in [7, 11) is 0. The van der Waals surface area contributed by atoms with Gasteiger partial charge in [-0.15, -0.1) is 0 Å². The molecule has 0 saturated carbocycles. The lowest BCUT2D eigenvalue weighted by atomic mass is 9.97. The molecule has 1 N–H and O–H groups in total. The third-order valence-corrected chi connectivity index (χ3v) is 6.59. The van der Waals surface area contributed by atoms with E-state index in [0.29, 0.717) is 23.6 Å². The molecule has 0 fully saturated rings. The Morgan fingerprint density at radius 1 is 0.780 bits per heavy atom. The number of aryl methyl sites for hydroxylation is 1. The highest BCUT2D eigenvalue weighted by atomic mass is 19.4. The van der Waals surface area contributed by atoms with Gasteiger partial charge in [0.25, 0.3) is 0 Å². The van der Waals surface area contributed by atoms with E-state index in [1.807, 2.05) is 25.1 Å². The van der Waals surface area contributed by atoms with Crippen molar-refractivity contribution in [3.8, 4) is 11.5 Å². The van der Waals surface area contributed by atoms with E-state index in [-0.39, 0.29) is 16.8 Å². The van der Waals surface area contributed by atoms with Crippen molar-refractivity contribution in [3.63, 3.8) is 0 Å². The molecule has 216 valence electrons. The van der Waals surface area contributed by atoms with Crippen LogP contribution in [0.3, 0.4) is 0 Å². The summed E-state index contributed by atoms with van der Waals surface area (Å²) in [5.41, 5.74) is -1.41. The van der Waals surface area contributed by atoms with Gasteiger partial charge in [-0.3, -0.25) is 0 Å². The Hall–Kier alpha value is -4.05. The number of halogens is 7. The molecular formula is C31H26F7NO2. The fourth-order valence-corrected chi connectivity index (χ4v) is 4.52. The molecule has 0 amide bonds. The summed E-state index contributed by atoms with van der Waals surface area (Å²) in [6.07, 6.45) is -8.77. The van der Waals surface area contributed by atoms with Crippen molar-refractivity contribution < 1.29 is 40.6 Å². The molecule has 0 bridgehead atoms. The number of ether oxygens (including phenoxy) is 1. The molecule has 1 atom stereocenters. The minimum Gasteiger partial charge on any atom is -0.457 e. The Bertz CT molecular complexity index is 1480. The summed E-state index contributed by atoms with van der Waals surface area (Å²) in [4.78, 5) is 1.31. The molecule has 1 unspecified atom stereocenters. The molecular weight excluding hydrogens is 551 g/mol. The number of anilines is 1. The highest BCUT2D eigenvalue weighted by Crippen LogP contribution is 2.40. The number of alkyl halides is 6. The standard InChI is InChI=1S/C31H26F7NO2/c1-2-20-7-5-9-24(15-20)41-25-10-6-8-23(17-25)39(18-21-13-14-22(16-28(21)32)30(33,34)35)29(19-40)26-11-3-4-12-27(26)31(36,37)38/h3-17,29,40H,2,18-19H2,1H3. The minimum absolute atomic E-state index is 0.206. The predicted octanol–water partition coefficient (Wildman–Crippen LogP) is 8.96. The van der Waals surface area contributed by atoms with E-state index in [4.69, 9.17) is 4.74 Å². The van der Waals surface area contributed by atoms with E-state index in [0.717, 1.165) is 24.1 Å². The largest absolute Gasteiger partial charge is 0.457 e. The van der Waals surface area contributed by atoms with Gasteiger partial charge >= 0.3 is 12.4 Å². The lowest BCUT2D eigenvalue weighted by molar-refractivity contribution is -0.139. The van der Waals surface area contributed by atoms with Gasteiger partial charge in [-0.1, -0.05) is 49.4 Å². The zero-order chi connectivity index (χ0) is 29.8. The first kappa shape index (κ1) is 29.9. The highest BCUT2D eigenvalue weighted by Gasteiger charge is 2.37. The molecule has 41 heavy (non-hydrogen) atoms. The molecule has 0 aliphatic carbocycles. The lowest BCUT2D eigenvalue weighted by Crippen LogP contribution is -2.32. The van der Waals surface area contributed by atoms with E-state index < -0.39 is 48.5 Å². The summed E-state index contributed by atoms with van der Waals surface area (Å²) in [5, 5.41) is 10.4. The van der Waals surface area contributed by atoms with Gasteiger partial charge in [-0.2, -0.15) is 26.3 Å². The first-order chi connectivity index (χ1) is 19.4. The zero-order valence-electron chi connectivity index (χ0n) is 21.8. The summed E-state index contributed by atoms with van der Waals surface area (Å²) in [6.45, 7) is 0.723. The Labute approximate surface area is 232 Å². The van der Waals surface area contributed by atoms with Crippen LogP contribution in [0.4, 0.5) is 36.4 Å². The first-order valence-electron chi connectivity index (χ1n) is 12.7. The zero-order valence-corrected chi connectivity index (χ0v) is 21.8. The van der Waals surface area contributed by atoms with Crippen LogP contribution in [0.25, 0.3) is 0 Å². The van der Waals surface area contributed by atoms with Crippen molar-refractivity contribution in [1.82, 2.24) is 0 Å². The van der Waals surface area contributed by atoms with Crippen LogP contribution in [0.15, 0.2) is 91.0 Å². The van der Waals surface area contributed by atoms with Gasteiger partial charge in [-0.25, -0.2) is 4.39 Å². The van der Waals surface area contributed by atoms with Crippen molar-refractivity contribution in [2.24, 2.45) is 0 Å². The first-order valence-corrected chi connectivity index (χ1v) is 12.7. The SMILES string of the molecule is CCc1cccc(Oc2cccc(N(Cc3ccc(C(F)(F)F)cc3F)C(CO)c3ccccc3C(F)(F)F)c2)c1. The Morgan fingerprint density at radius 2 is 1.46 bits per heavy atom. The van der Waals surface area contributed by atoms with Crippen LogP contribution >= 0.6 is 0 Å². The second-order valence-corrected chi connectivity index (χ2v) is 9.32. The highest BCUT2D eigenvalue weighted by molar-refractivity contribution is 5.55. The molecule has 0 saturated heterocycles. The molecule has 4 aromatic rings. The summed E-state index contributed by atoms with van der Waals surface area (Å²) < 4.78 is 102. The fraction of sp³-hybridized carbons (Fsp3) is 0.226. The van der Waals surface area contributed by atoms with Crippen LogP contribution < -0.4 is 9.64 Å². The molecule has 4 rings (SSSR count). The number of aliphatic hydroxyl groups is 1. The van der Waals surface area contributed by atoms with Crippen LogP contribution in [0.1, 0.15) is 40.8 Å². The van der Waals surface area contributed by atoms with Crippen LogP contribution in [0, 0.1) is 5.82 Å². The molecule has 3 nitrogen and oxygen atoms in total. The quantitative estimate of drug-likeness (QED) is 0.202. The van der Waals surface area contributed by atoms with E-state index in [1.54, 1.807) is 18.2 Å². The van der Waals surface area contributed by atoms with Crippen LogP contribution in [0.2, 0.25) is 0 Å². The number of hydrogen-bond acceptors (Lipinski definition) is 3. The lowest BCUT2D eigenvalue weighted by Gasteiger charge is -2.35. The van der Waals surface area contributed by atoms with Crippen LogP contribution in [-0.4, -0.2) is 11.7 Å². The normalized spacial score (nSPS) is 12.7. The predicted molar refractivity (Wildman–Crippen MR) is 141 cm³/mol. The average Bonchev–Trinajstić information content (AvgIpc) is 2.93. The second kappa shape index (κ2) is 12.2. The molecule has 0 spiro atoms. The van der Waals surface area contributed by atoms with Crippen molar-refractivity contribution >= 4 is 5.69 Å². The summed E-state index contributed by atoms with van der Waals surface area (Å²) in [5.74, 6) is -0.355. The van der Waals surface area contributed by atoms with Gasteiger partial charge in [0.15, 0.2) is 0 Å².